The van der Waals surface area contributed by atoms with Gasteiger partial charge in [0, 0.05) is 59.5 Å². The molecule has 0 amide bonds. The van der Waals surface area contributed by atoms with E-state index in [0.29, 0.717) is 5.92 Å². The number of likely N-dealkylation sites (tertiary alicyclic amines) is 1. The molecule has 33 heavy (non-hydrogen) atoms. The van der Waals surface area contributed by atoms with Crippen molar-refractivity contribution in [1.29, 1.82) is 0 Å². The summed E-state index contributed by atoms with van der Waals surface area (Å²) in [6.07, 6.45) is 17.7. The van der Waals surface area contributed by atoms with Crippen molar-refractivity contribution in [2.24, 2.45) is 10.9 Å². The number of hydrogen-bond donors (Lipinski definition) is 0. The fraction of sp³-hybridized carbons (Fsp3) is 0.357. The standard InChI is InChI=1S/C28H36N4S/c1-7-11-25(12-8-2)33-27(9-3)22(5)24-13-10-18-32(20-24)28-30-26(19-21(4)31(28)6)23-14-16-29-17-15-23/h7,9,11-12,14-17,19,24H,4-5,8,10,13,18,20H2,1-3,6H3/b11-7-,25-12+,27-9-. The summed E-state index contributed by atoms with van der Waals surface area (Å²) in [5.41, 5.74) is 4.16. The Morgan fingerprint density at radius 3 is 2.70 bits per heavy atom. The molecule has 2 aliphatic heterocycles. The molecular weight excluding hydrogens is 424 g/mol. The molecule has 3 heterocycles. The molecule has 0 N–H and O–H groups in total. The van der Waals surface area contributed by atoms with E-state index >= 15 is 0 Å². The van der Waals surface area contributed by atoms with Crippen molar-refractivity contribution in [2.45, 2.75) is 40.0 Å². The maximum atomic E-state index is 5.04. The zero-order valence-corrected chi connectivity index (χ0v) is 21.2. The van der Waals surface area contributed by atoms with Gasteiger partial charge in [0.2, 0.25) is 5.96 Å². The van der Waals surface area contributed by atoms with E-state index in [4.69, 9.17) is 4.99 Å². The fourth-order valence-electron chi connectivity index (χ4n) is 4.14. The van der Waals surface area contributed by atoms with Gasteiger partial charge in [-0.3, -0.25) is 4.98 Å². The maximum absolute atomic E-state index is 5.04. The molecule has 1 atom stereocenters. The average molecular weight is 461 g/mol. The van der Waals surface area contributed by atoms with Crippen LogP contribution in [0.2, 0.25) is 0 Å². The van der Waals surface area contributed by atoms with Crippen LogP contribution in [0.4, 0.5) is 0 Å². The molecule has 3 rings (SSSR count). The summed E-state index contributed by atoms with van der Waals surface area (Å²) in [6.45, 7) is 17.1. The van der Waals surface area contributed by atoms with Crippen molar-refractivity contribution in [2.75, 3.05) is 20.1 Å². The van der Waals surface area contributed by atoms with Crippen LogP contribution in [0.5, 0.6) is 0 Å². The predicted octanol–water partition coefficient (Wildman–Crippen LogP) is 7.01. The van der Waals surface area contributed by atoms with Crippen LogP contribution in [-0.2, 0) is 0 Å². The summed E-state index contributed by atoms with van der Waals surface area (Å²) in [7, 11) is 2.05. The molecule has 2 aliphatic rings. The van der Waals surface area contributed by atoms with E-state index in [9.17, 15) is 0 Å². The van der Waals surface area contributed by atoms with Crippen molar-refractivity contribution in [3.05, 3.63) is 94.7 Å². The number of pyridine rings is 1. The second kappa shape index (κ2) is 11.9. The summed E-state index contributed by atoms with van der Waals surface area (Å²) in [5.74, 6) is 1.35. The van der Waals surface area contributed by atoms with E-state index in [1.54, 1.807) is 12.4 Å². The van der Waals surface area contributed by atoms with E-state index in [0.717, 1.165) is 55.3 Å². The summed E-state index contributed by atoms with van der Waals surface area (Å²) in [5, 5.41) is 0. The second-order valence-electron chi connectivity index (χ2n) is 8.31. The molecule has 5 heteroatoms. The number of aromatic nitrogens is 1. The molecule has 0 spiro atoms. The first-order valence-corrected chi connectivity index (χ1v) is 12.5. The third kappa shape index (κ3) is 6.17. The maximum Gasteiger partial charge on any atom is 0.206 e. The van der Waals surface area contributed by atoms with Gasteiger partial charge in [-0.15, -0.1) is 0 Å². The van der Waals surface area contributed by atoms with Crippen molar-refractivity contribution in [3.63, 3.8) is 0 Å². The number of allylic oxidation sites excluding steroid dienone is 6. The Morgan fingerprint density at radius 2 is 2.03 bits per heavy atom. The Balaban J connectivity index is 1.79. The number of thioether (sulfide) groups is 1. The van der Waals surface area contributed by atoms with Crippen LogP contribution >= 0.6 is 11.8 Å². The highest BCUT2D eigenvalue weighted by Gasteiger charge is 2.29. The Hall–Kier alpha value is -2.79. The Kier molecular flexibility index (Phi) is 8.95. The summed E-state index contributed by atoms with van der Waals surface area (Å²) < 4.78 is 0. The molecule has 1 aromatic rings. The van der Waals surface area contributed by atoms with Gasteiger partial charge < -0.3 is 9.80 Å². The van der Waals surface area contributed by atoms with E-state index in [1.165, 1.54) is 15.4 Å². The largest absolute Gasteiger partial charge is 0.342 e. The number of piperidine rings is 1. The van der Waals surface area contributed by atoms with Gasteiger partial charge in [-0.1, -0.05) is 56.1 Å². The minimum atomic E-state index is 0.394. The molecule has 0 aromatic carbocycles. The van der Waals surface area contributed by atoms with Crippen molar-refractivity contribution < 1.29 is 0 Å². The molecule has 0 saturated carbocycles. The lowest BCUT2D eigenvalue weighted by Gasteiger charge is -2.40. The van der Waals surface area contributed by atoms with Gasteiger partial charge in [-0.2, -0.15) is 0 Å². The third-order valence-electron chi connectivity index (χ3n) is 5.97. The number of rotatable bonds is 7. The Bertz CT molecular complexity index is 1010. The van der Waals surface area contributed by atoms with Crippen LogP contribution in [0.1, 0.15) is 45.6 Å². The van der Waals surface area contributed by atoms with Crippen LogP contribution < -0.4 is 0 Å². The first-order chi connectivity index (χ1) is 16.0. The van der Waals surface area contributed by atoms with E-state index in [-0.39, 0.29) is 0 Å². The highest BCUT2D eigenvalue weighted by atomic mass is 32.2. The molecule has 1 fully saturated rings. The van der Waals surface area contributed by atoms with E-state index in [1.807, 2.05) is 37.0 Å². The summed E-state index contributed by atoms with van der Waals surface area (Å²) in [6, 6.07) is 3.99. The zero-order chi connectivity index (χ0) is 23.8. The molecular formula is C28H36N4S. The van der Waals surface area contributed by atoms with Gasteiger partial charge in [0.15, 0.2) is 0 Å². The zero-order valence-electron chi connectivity index (χ0n) is 20.4. The van der Waals surface area contributed by atoms with Crippen LogP contribution in [0, 0.1) is 5.92 Å². The number of guanidine groups is 1. The Morgan fingerprint density at radius 1 is 1.27 bits per heavy atom. The van der Waals surface area contributed by atoms with Gasteiger partial charge >= 0.3 is 0 Å². The van der Waals surface area contributed by atoms with Gasteiger partial charge in [0.25, 0.3) is 0 Å². The lowest BCUT2D eigenvalue weighted by atomic mass is 9.91. The molecule has 0 bridgehead atoms. The lowest BCUT2D eigenvalue weighted by Crippen LogP contribution is -2.47. The molecule has 4 nitrogen and oxygen atoms in total. The second-order valence-corrected chi connectivity index (χ2v) is 9.42. The minimum Gasteiger partial charge on any atom is -0.342 e. The van der Waals surface area contributed by atoms with Crippen LogP contribution in [0.25, 0.3) is 5.70 Å². The SMILES string of the molecule is C=C(/C(=C/C)SC(/C=C\C)=C/CC)C1CCCN(C2=NC(c3ccncc3)=CC(=C)N2C)C1. The van der Waals surface area contributed by atoms with Crippen molar-refractivity contribution >= 4 is 23.4 Å². The number of likely N-dealkylation sites (N-methyl/N-ethyl adjacent to an activating group) is 1. The monoisotopic (exact) mass is 460 g/mol. The number of hydrogen-bond acceptors (Lipinski definition) is 5. The smallest absolute Gasteiger partial charge is 0.206 e. The summed E-state index contributed by atoms with van der Waals surface area (Å²) in [4.78, 5) is 16.2. The predicted molar refractivity (Wildman–Crippen MR) is 145 cm³/mol. The molecule has 0 radical (unpaired) electrons. The molecule has 1 unspecified atom stereocenters. The van der Waals surface area contributed by atoms with Crippen LogP contribution in [-0.4, -0.2) is 40.9 Å². The van der Waals surface area contributed by atoms with Crippen molar-refractivity contribution in [1.82, 2.24) is 14.8 Å². The minimum absolute atomic E-state index is 0.394. The van der Waals surface area contributed by atoms with Crippen LogP contribution in [0.3, 0.4) is 0 Å². The fourth-order valence-corrected chi connectivity index (χ4v) is 5.27. The van der Waals surface area contributed by atoms with Crippen molar-refractivity contribution in [3.8, 4) is 0 Å². The highest BCUT2D eigenvalue weighted by molar-refractivity contribution is 8.07. The molecule has 1 saturated heterocycles. The average Bonchev–Trinajstić information content (AvgIpc) is 2.84. The first-order valence-electron chi connectivity index (χ1n) is 11.7. The Labute approximate surface area is 203 Å². The molecule has 0 aliphatic carbocycles. The topological polar surface area (TPSA) is 31.7 Å². The van der Waals surface area contributed by atoms with E-state index < -0.39 is 0 Å². The van der Waals surface area contributed by atoms with E-state index in [2.05, 4.69) is 73.0 Å². The third-order valence-corrected chi connectivity index (χ3v) is 7.23. The van der Waals surface area contributed by atoms with Crippen LogP contribution in [0.15, 0.2) is 94.1 Å². The number of nitrogens with zero attached hydrogens (tertiary/aromatic N) is 4. The van der Waals surface area contributed by atoms with Gasteiger partial charge in [0.05, 0.1) is 5.70 Å². The van der Waals surface area contributed by atoms with Gasteiger partial charge in [0.1, 0.15) is 0 Å². The summed E-state index contributed by atoms with van der Waals surface area (Å²) >= 11 is 1.82. The lowest BCUT2D eigenvalue weighted by molar-refractivity contribution is 0.265. The first kappa shape index (κ1) is 24.8. The molecule has 174 valence electrons. The quantitative estimate of drug-likeness (QED) is 0.410. The van der Waals surface area contributed by atoms with Gasteiger partial charge in [-0.25, -0.2) is 4.99 Å². The number of aliphatic imine (C=N–C) groups is 1. The normalized spacial score (nSPS) is 20.2. The molecule has 1 aromatic heterocycles. The van der Waals surface area contributed by atoms with Gasteiger partial charge in [-0.05, 0) is 56.9 Å². The highest BCUT2D eigenvalue weighted by Crippen LogP contribution is 2.38.